The summed E-state index contributed by atoms with van der Waals surface area (Å²) in [6.45, 7) is 0.219. The van der Waals surface area contributed by atoms with E-state index in [1.165, 1.54) is 34.8 Å². The van der Waals surface area contributed by atoms with Gasteiger partial charge in [0.2, 0.25) is 5.78 Å². The van der Waals surface area contributed by atoms with E-state index in [0.29, 0.717) is 10.4 Å². The van der Waals surface area contributed by atoms with Crippen molar-refractivity contribution in [3.8, 4) is 0 Å². The molecule has 0 radical (unpaired) electrons. The molecule has 3 rings (SSSR count). The second kappa shape index (κ2) is 7.77. The van der Waals surface area contributed by atoms with E-state index >= 15 is 0 Å². The number of thiophene rings is 2. The van der Waals surface area contributed by atoms with E-state index in [1.54, 1.807) is 23.6 Å². The molecule has 0 saturated carbocycles. The van der Waals surface area contributed by atoms with Crippen molar-refractivity contribution in [2.24, 2.45) is 0 Å². The average molecular weight is 407 g/mol. The van der Waals surface area contributed by atoms with Crippen molar-refractivity contribution in [3.05, 3.63) is 83.2 Å². The summed E-state index contributed by atoms with van der Waals surface area (Å²) in [7, 11) is 0. The van der Waals surface area contributed by atoms with E-state index in [1.807, 2.05) is 5.38 Å². The minimum atomic E-state index is -0.638. The van der Waals surface area contributed by atoms with Crippen LogP contribution < -0.4 is 5.32 Å². The lowest BCUT2D eigenvalue weighted by atomic mass is 10.2. The number of rotatable bonds is 6. The molecule has 2 aromatic heterocycles. The van der Waals surface area contributed by atoms with Crippen LogP contribution >= 0.6 is 34.3 Å². The van der Waals surface area contributed by atoms with Crippen molar-refractivity contribution in [1.29, 1.82) is 0 Å². The Bertz CT molecular complexity index is 983. The minimum absolute atomic E-state index is 0.0265. The van der Waals surface area contributed by atoms with Gasteiger partial charge < -0.3 is 5.32 Å². The first-order valence-corrected chi connectivity index (χ1v) is 9.47. The Balaban J connectivity index is 1.66. The highest BCUT2D eigenvalue weighted by Crippen LogP contribution is 2.25. The summed E-state index contributed by atoms with van der Waals surface area (Å²) >= 11 is 8.49. The molecule has 0 aliphatic carbocycles. The molecule has 0 unspecified atom stereocenters. The standard InChI is InChI=1S/C17H11ClN2O4S2/c18-13-3-1-10(7-14(13)20(23)24)17(22)19-8-12-2-4-15(26-12)16(21)11-5-6-25-9-11/h1-7,9H,8H2,(H,19,22). The molecule has 0 aliphatic heterocycles. The number of carbonyl (C=O) groups excluding carboxylic acids is 2. The molecule has 6 nitrogen and oxygen atoms in total. The summed E-state index contributed by atoms with van der Waals surface area (Å²) in [5, 5.41) is 17.2. The summed E-state index contributed by atoms with van der Waals surface area (Å²) < 4.78 is 0. The molecule has 0 fully saturated rings. The zero-order valence-electron chi connectivity index (χ0n) is 13.1. The number of hydrogen-bond acceptors (Lipinski definition) is 6. The van der Waals surface area contributed by atoms with E-state index in [-0.39, 0.29) is 28.6 Å². The monoisotopic (exact) mass is 406 g/mol. The third kappa shape index (κ3) is 3.98. The summed E-state index contributed by atoms with van der Waals surface area (Å²) in [5.41, 5.74) is 0.465. The van der Waals surface area contributed by atoms with Crippen LogP contribution in [0, 0.1) is 10.1 Å². The van der Waals surface area contributed by atoms with E-state index in [4.69, 9.17) is 11.6 Å². The second-order valence-corrected chi connectivity index (χ2v) is 7.57. The number of benzene rings is 1. The van der Waals surface area contributed by atoms with E-state index in [0.717, 1.165) is 10.9 Å². The number of nitrogens with one attached hydrogen (secondary N) is 1. The van der Waals surface area contributed by atoms with Crippen LogP contribution in [0.2, 0.25) is 5.02 Å². The van der Waals surface area contributed by atoms with Gasteiger partial charge in [0.05, 0.1) is 16.3 Å². The third-order valence-electron chi connectivity index (χ3n) is 3.50. The molecule has 1 amide bonds. The predicted molar refractivity (Wildman–Crippen MR) is 101 cm³/mol. The van der Waals surface area contributed by atoms with Crippen LogP contribution in [0.5, 0.6) is 0 Å². The van der Waals surface area contributed by atoms with Crippen LogP contribution in [-0.2, 0) is 6.54 Å². The van der Waals surface area contributed by atoms with E-state index in [9.17, 15) is 19.7 Å². The molecule has 0 saturated heterocycles. The fraction of sp³-hybridized carbons (Fsp3) is 0.0588. The second-order valence-electron chi connectivity index (χ2n) is 5.21. The number of amides is 1. The van der Waals surface area contributed by atoms with E-state index in [2.05, 4.69) is 5.32 Å². The quantitative estimate of drug-likeness (QED) is 0.370. The Hall–Kier alpha value is -2.55. The van der Waals surface area contributed by atoms with Crippen LogP contribution in [0.25, 0.3) is 0 Å². The van der Waals surface area contributed by atoms with Gasteiger partial charge in [-0.2, -0.15) is 11.3 Å². The summed E-state index contributed by atoms with van der Waals surface area (Å²) in [4.78, 5) is 36.1. The normalized spacial score (nSPS) is 10.5. The van der Waals surface area contributed by atoms with Crippen LogP contribution in [0.4, 0.5) is 5.69 Å². The molecular weight excluding hydrogens is 396 g/mol. The molecule has 0 aliphatic rings. The molecule has 26 heavy (non-hydrogen) atoms. The van der Waals surface area contributed by atoms with Gasteiger partial charge in [-0.1, -0.05) is 11.6 Å². The van der Waals surface area contributed by atoms with Crippen molar-refractivity contribution in [1.82, 2.24) is 5.32 Å². The first-order valence-electron chi connectivity index (χ1n) is 7.33. The molecule has 0 atom stereocenters. The lowest BCUT2D eigenvalue weighted by Gasteiger charge is -2.04. The van der Waals surface area contributed by atoms with Crippen molar-refractivity contribution >= 4 is 51.7 Å². The highest BCUT2D eigenvalue weighted by atomic mass is 35.5. The van der Waals surface area contributed by atoms with Gasteiger partial charge in [0.1, 0.15) is 5.02 Å². The van der Waals surface area contributed by atoms with Crippen molar-refractivity contribution in [2.45, 2.75) is 6.54 Å². The highest BCUT2D eigenvalue weighted by molar-refractivity contribution is 7.14. The zero-order chi connectivity index (χ0) is 18.7. The molecule has 9 heteroatoms. The molecule has 1 aromatic carbocycles. The first-order chi connectivity index (χ1) is 12.5. The van der Waals surface area contributed by atoms with Gasteiger partial charge in [-0.25, -0.2) is 0 Å². The Morgan fingerprint density at radius 2 is 1.96 bits per heavy atom. The summed E-state index contributed by atoms with van der Waals surface area (Å²) in [5.74, 6) is -0.508. The number of nitro benzene ring substituents is 1. The number of hydrogen-bond donors (Lipinski definition) is 1. The number of nitro groups is 1. The molecule has 1 N–H and O–H groups in total. The minimum Gasteiger partial charge on any atom is -0.347 e. The lowest BCUT2D eigenvalue weighted by Crippen LogP contribution is -2.22. The van der Waals surface area contributed by atoms with Crippen molar-refractivity contribution < 1.29 is 14.5 Å². The smallest absolute Gasteiger partial charge is 0.288 e. The van der Waals surface area contributed by atoms with Gasteiger partial charge in [0.25, 0.3) is 11.6 Å². The lowest BCUT2D eigenvalue weighted by molar-refractivity contribution is -0.384. The Kier molecular flexibility index (Phi) is 5.46. The number of carbonyl (C=O) groups is 2. The Labute approximate surface area is 161 Å². The largest absolute Gasteiger partial charge is 0.347 e. The average Bonchev–Trinajstić information content (AvgIpc) is 3.31. The maximum Gasteiger partial charge on any atom is 0.288 e. The highest BCUT2D eigenvalue weighted by Gasteiger charge is 2.17. The Morgan fingerprint density at radius 1 is 1.15 bits per heavy atom. The maximum absolute atomic E-state index is 12.3. The van der Waals surface area contributed by atoms with Gasteiger partial charge in [-0.15, -0.1) is 11.3 Å². The molecule has 0 spiro atoms. The fourth-order valence-corrected chi connectivity index (χ4v) is 3.93. The van der Waals surface area contributed by atoms with Crippen LogP contribution in [0.1, 0.15) is 30.5 Å². The van der Waals surface area contributed by atoms with Gasteiger partial charge in [-0.3, -0.25) is 19.7 Å². The third-order valence-corrected chi connectivity index (χ3v) is 5.58. The number of halogens is 1. The maximum atomic E-state index is 12.3. The summed E-state index contributed by atoms with van der Waals surface area (Å²) in [6, 6.07) is 9.13. The van der Waals surface area contributed by atoms with Crippen LogP contribution in [0.3, 0.4) is 0 Å². The van der Waals surface area contributed by atoms with Crippen molar-refractivity contribution in [3.63, 3.8) is 0 Å². The SMILES string of the molecule is O=C(NCc1ccc(C(=O)c2ccsc2)s1)c1ccc(Cl)c([N+](=O)[O-])c1. The van der Waals surface area contributed by atoms with Crippen LogP contribution in [0.15, 0.2) is 47.2 Å². The molecule has 132 valence electrons. The van der Waals surface area contributed by atoms with Gasteiger partial charge in [-0.05, 0) is 35.7 Å². The number of nitrogens with zero attached hydrogens (tertiary/aromatic N) is 1. The molecule has 0 bridgehead atoms. The fourth-order valence-electron chi connectivity index (χ4n) is 2.19. The van der Waals surface area contributed by atoms with E-state index < -0.39 is 10.8 Å². The van der Waals surface area contributed by atoms with Crippen molar-refractivity contribution in [2.75, 3.05) is 0 Å². The molecular formula is C17H11ClN2O4S2. The van der Waals surface area contributed by atoms with Crippen LogP contribution in [-0.4, -0.2) is 16.6 Å². The van der Waals surface area contributed by atoms with Gasteiger partial charge in [0.15, 0.2) is 0 Å². The van der Waals surface area contributed by atoms with Gasteiger partial charge >= 0.3 is 0 Å². The summed E-state index contributed by atoms with van der Waals surface area (Å²) in [6.07, 6.45) is 0. The zero-order valence-corrected chi connectivity index (χ0v) is 15.5. The topological polar surface area (TPSA) is 89.3 Å². The number of ketones is 1. The van der Waals surface area contributed by atoms with Gasteiger partial charge in [0, 0.05) is 27.5 Å². The molecule has 2 heterocycles. The first kappa shape index (κ1) is 18.2. The Morgan fingerprint density at radius 3 is 2.65 bits per heavy atom. The molecule has 3 aromatic rings. The predicted octanol–water partition coefficient (Wildman–Crippen LogP) is 4.53.